The number of carbonyl (C=O) groups is 1. The molecule has 0 saturated carbocycles. The maximum absolute atomic E-state index is 11.6. The molecule has 0 radical (unpaired) electrons. The van der Waals surface area contributed by atoms with Gasteiger partial charge in [-0.3, -0.25) is 4.79 Å². The summed E-state index contributed by atoms with van der Waals surface area (Å²) in [6.07, 6.45) is 0. The van der Waals surface area contributed by atoms with Crippen molar-refractivity contribution in [2.75, 3.05) is 18.5 Å². The van der Waals surface area contributed by atoms with Crippen LogP contribution >= 0.6 is 0 Å². The van der Waals surface area contributed by atoms with Crippen molar-refractivity contribution in [3.63, 3.8) is 0 Å². The molecule has 1 amide bonds. The molecule has 3 aromatic rings. The van der Waals surface area contributed by atoms with Crippen molar-refractivity contribution >= 4 is 33.5 Å². The number of amides is 1. The predicted molar refractivity (Wildman–Crippen MR) is 78.8 cm³/mol. The second-order valence-corrected chi connectivity index (χ2v) is 4.49. The first-order valence-electron chi connectivity index (χ1n) is 6.57. The average Bonchev–Trinajstić information content (AvgIpc) is 2.83. The fourth-order valence-electron chi connectivity index (χ4n) is 2.20. The van der Waals surface area contributed by atoms with Gasteiger partial charge < -0.3 is 14.5 Å². The minimum atomic E-state index is -0.154. The second kappa shape index (κ2) is 5.35. The van der Waals surface area contributed by atoms with Crippen LogP contribution in [0.2, 0.25) is 0 Å². The molecule has 1 N–H and O–H groups in total. The molecule has 0 aliphatic heterocycles. The largest absolute Gasteiger partial charge is 0.456 e. The highest BCUT2D eigenvalue weighted by molar-refractivity contribution is 6.06. The van der Waals surface area contributed by atoms with Gasteiger partial charge in [0.15, 0.2) is 0 Å². The summed E-state index contributed by atoms with van der Waals surface area (Å²) in [6, 6.07) is 13.5. The van der Waals surface area contributed by atoms with E-state index in [2.05, 4.69) is 5.32 Å². The van der Waals surface area contributed by atoms with Crippen LogP contribution in [0.15, 0.2) is 46.9 Å². The Labute approximate surface area is 116 Å². The molecule has 4 heteroatoms. The second-order valence-electron chi connectivity index (χ2n) is 4.49. The van der Waals surface area contributed by atoms with Gasteiger partial charge in [0, 0.05) is 23.1 Å². The summed E-state index contributed by atoms with van der Waals surface area (Å²) in [5, 5.41) is 4.86. The van der Waals surface area contributed by atoms with Crippen molar-refractivity contribution in [3.8, 4) is 0 Å². The first-order chi connectivity index (χ1) is 9.78. The number of ether oxygens (including phenoxy) is 1. The molecule has 4 nitrogen and oxygen atoms in total. The zero-order chi connectivity index (χ0) is 13.9. The van der Waals surface area contributed by atoms with E-state index in [0.717, 1.165) is 27.6 Å². The number of fused-ring (bicyclic) bond motifs is 3. The summed E-state index contributed by atoms with van der Waals surface area (Å²) in [5.41, 5.74) is 2.41. The van der Waals surface area contributed by atoms with Gasteiger partial charge in [0.05, 0.1) is 0 Å². The van der Waals surface area contributed by atoms with E-state index < -0.39 is 0 Å². The van der Waals surface area contributed by atoms with Gasteiger partial charge in [-0.2, -0.15) is 0 Å². The van der Waals surface area contributed by atoms with Crippen LogP contribution in [0.3, 0.4) is 0 Å². The van der Waals surface area contributed by atoms with Gasteiger partial charge in [-0.15, -0.1) is 0 Å². The summed E-state index contributed by atoms with van der Waals surface area (Å²) in [6.45, 7) is 2.45. The Morgan fingerprint density at radius 1 is 1.15 bits per heavy atom. The molecular formula is C16H15NO3. The van der Waals surface area contributed by atoms with Crippen LogP contribution in [-0.2, 0) is 9.53 Å². The van der Waals surface area contributed by atoms with Crippen molar-refractivity contribution < 1.29 is 13.9 Å². The van der Waals surface area contributed by atoms with Gasteiger partial charge in [0.1, 0.15) is 17.8 Å². The highest BCUT2D eigenvalue weighted by atomic mass is 16.5. The normalized spacial score (nSPS) is 11.1. The fraction of sp³-hybridized carbons (Fsp3) is 0.188. The molecule has 0 atom stereocenters. The quantitative estimate of drug-likeness (QED) is 0.787. The lowest BCUT2D eigenvalue weighted by atomic mass is 10.1. The van der Waals surface area contributed by atoms with Gasteiger partial charge in [0.25, 0.3) is 0 Å². The number of hydrogen-bond donors (Lipinski definition) is 1. The molecule has 0 spiro atoms. The van der Waals surface area contributed by atoms with Crippen LogP contribution in [0, 0.1) is 0 Å². The Bertz CT molecular complexity index is 761. The number of rotatable bonds is 4. The van der Waals surface area contributed by atoms with Crippen LogP contribution in [-0.4, -0.2) is 19.1 Å². The highest BCUT2D eigenvalue weighted by Gasteiger charge is 2.08. The zero-order valence-corrected chi connectivity index (χ0v) is 11.2. The lowest BCUT2D eigenvalue weighted by molar-refractivity contribution is -0.120. The summed E-state index contributed by atoms with van der Waals surface area (Å²) in [4.78, 5) is 11.6. The van der Waals surface area contributed by atoms with Gasteiger partial charge in [0.2, 0.25) is 5.91 Å². The highest BCUT2D eigenvalue weighted by Crippen LogP contribution is 2.30. The Morgan fingerprint density at radius 2 is 1.95 bits per heavy atom. The summed E-state index contributed by atoms with van der Waals surface area (Å²) in [7, 11) is 0. The number of carbonyl (C=O) groups excluding carboxylic acids is 1. The van der Waals surface area contributed by atoms with E-state index in [-0.39, 0.29) is 12.5 Å². The third-order valence-corrected chi connectivity index (χ3v) is 3.10. The molecule has 0 unspecified atom stereocenters. The number of furan rings is 1. The minimum Gasteiger partial charge on any atom is -0.456 e. The molecule has 0 bridgehead atoms. The molecule has 0 aliphatic carbocycles. The fourth-order valence-corrected chi connectivity index (χ4v) is 2.20. The van der Waals surface area contributed by atoms with E-state index in [4.69, 9.17) is 9.15 Å². The lowest BCUT2D eigenvalue weighted by Crippen LogP contribution is -2.18. The number of hydrogen-bond acceptors (Lipinski definition) is 3. The summed E-state index contributed by atoms with van der Waals surface area (Å²) < 4.78 is 10.8. The van der Waals surface area contributed by atoms with Crippen LogP contribution < -0.4 is 5.32 Å². The molecule has 20 heavy (non-hydrogen) atoms. The topological polar surface area (TPSA) is 51.5 Å². The van der Waals surface area contributed by atoms with E-state index in [9.17, 15) is 4.79 Å². The smallest absolute Gasteiger partial charge is 0.250 e. The Morgan fingerprint density at radius 3 is 2.80 bits per heavy atom. The summed E-state index contributed by atoms with van der Waals surface area (Å²) >= 11 is 0. The van der Waals surface area contributed by atoms with E-state index in [1.807, 2.05) is 49.4 Å². The molecule has 1 aromatic heterocycles. The number of anilines is 1. The maximum Gasteiger partial charge on any atom is 0.250 e. The van der Waals surface area contributed by atoms with Gasteiger partial charge >= 0.3 is 0 Å². The van der Waals surface area contributed by atoms with Gasteiger partial charge in [-0.05, 0) is 31.2 Å². The molecule has 102 valence electrons. The number of benzene rings is 2. The minimum absolute atomic E-state index is 0.0701. The van der Waals surface area contributed by atoms with Crippen LogP contribution in [0.25, 0.3) is 21.9 Å². The standard InChI is InChI=1S/C16H15NO3/c1-2-19-10-16(18)17-11-7-8-15-13(9-11)12-5-3-4-6-14(12)20-15/h3-9H,2,10H2,1H3,(H,17,18). The lowest BCUT2D eigenvalue weighted by Gasteiger charge is -2.05. The first-order valence-corrected chi connectivity index (χ1v) is 6.57. The van der Waals surface area contributed by atoms with Gasteiger partial charge in [-0.25, -0.2) is 0 Å². The SMILES string of the molecule is CCOCC(=O)Nc1ccc2oc3ccccc3c2c1. The maximum atomic E-state index is 11.6. The van der Waals surface area contributed by atoms with E-state index in [1.165, 1.54) is 0 Å². The molecule has 0 fully saturated rings. The van der Waals surface area contributed by atoms with E-state index in [1.54, 1.807) is 0 Å². The number of para-hydroxylation sites is 1. The first kappa shape index (κ1) is 12.7. The molecule has 1 heterocycles. The van der Waals surface area contributed by atoms with Crippen LogP contribution in [0.5, 0.6) is 0 Å². The predicted octanol–water partition coefficient (Wildman–Crippen LogP) is 3.56. The van der Waals surface area contributed by atoms with Gasteiger partial charge in [-0.1, -0.05) is 18.2 Å². The van der Waals surface area contributed by atoms with Crippen molar-refractivity contribution in [2.45, 2.75) is 6.92 Å². The molecule has 3 rings (SSSR count). The average molecular weight is 269 g/mol. The van der Waals surface area contributed by atoms with Crippen LogP contribution in [0.1, 0.15) is 6.92 Å². The van der Waals surface area contributed by atoms with E-state index in [0.29, 0.717) is 6.61 Å². The van der Waals surface area contributed by atoms with Crippen LogP contribution in [0.4, 0.5) is 5.69 Å². The molecular weight excluding hydrogens is 254 g/mol. The van der Waals surface area contributed by atoms with Crippen molar-refractivity contribution in [1.82, 2.24) is 0 Å². The summed E-state index contributed by atoms with van der Waals surface area (Å²) in [5.74, 6) is -0.154. The van der Waals surface area contributed by atoms with Crippen molar-refractivity contribution in [2.24, 2.45) is 0 Å². The van der Waals surface area contributed by atoms with Crippen molar-refractivity contribution in [1.29, 1.82) is 0 Å². The van der Waals surface area contributed by atoms with Crippen molar-refractivity contribution in [3.05, 3.63) is 42.5 Å². The molecule has 2 aromatic carbocycles. The molecule has 0 aliphatic rings. The number of nitrogens with one attached hydrogen (secondary N) is 1. The third kappa shape index (κ3) is 2.38. The Hall–Kier alpha value is -2.33. The Balaban J connectivity index is 1.93. The van der Waals surface area contributed by atoms with E-state index >= 15 is 0 Å². The third-order valence-electron chi connectivity index (χ3n) is 3.10. The molecule has 0 saturated heterocycles. The Kier molecular flexibility index (Phi) is 3.39. The monoisotopic (exact) mass is 269 g/mol. The zero-order valence-electron chi connectivity index (χ0n) is 11.2.